The average Bonchev–Trinajstić information content (AvgIpc) is 2.82. The highest BCUT2D eigenvalue weighted by Gasteiger charge is 2.29. The summed E-state index contributed by atoms with van der Waals surface area (Å²) in [5.74, 6) is -0.451. The quantitative estimate of drug-likeness (QED) is 0.806. The summed E-state index contributed by atoms with van der Waals surface area (Å²) in [7, 11) is -1.79. The van der Waals surface area contributed by atoms with Crippen molar-refractivity contribution in [2.75, 3.05) is 26.2 Å². The predicted molar refractivity (Wildman–Crippen MR) is 93.4 cm³/mol. The Morgan fingerprint density at radius 2 is 1.76 bits per heavy atom. The number of sulfonamides is 1. The standard InChI is InChI=1S/C16H20ClFN4O2S/c1-12-15(16(17)20(2)19-12)11-21-7-9-22(10-8-21)25(23,24)14-5-3-13(18)4-6-14/h3-6H,7-11H2,1-2H3. The van der Waals surface area contributed by atoms with Crippen molar-refractivity contribution in [1.82, 2.24) is 19.0 Å². The fourth-order valence-corrected chi connectivity index (χ4v) is 4.62. The molecule has 0 spiro atoms. The summed E-state index contributed by atoms with van der Waals surface area (Å²) >= 11 is 6.26. The van der Waals surface area contributed by atoms with Gasteiger partial charge in [-0.05, 0) is 31.2 Å². The van der Waals surface area contributed by atoms with Gasteiger partial charge in [0.2, 0.25) is 10.0 Å². The van der Waals surface area contributed by atoms with E-state index < -0.39 is 15.8 Å². The lowest BCUT2D eigenvalue weighted by molar-refractivity contribution is 0.181. The van der Waals surface area contributed by atoms with E-state index in [0.717, 1.165) is 23.4 Å². The topological polar surface area (TPSA) is 58.4 Å². The number of hydrogen-bond donors (Lipinski definition) is 0. The zero-order valence-corrected chi connectivity index (χ0v) is 15.7. The molecule has 1 fully saturated rings. The summed E-state index contributed by atoms with van der Waals surface area (Å²) in [5.41, 5.74) is 1.85. The summed E-state index contributed by atoms with van der Waals surface area (Å²) in [6.07, 6.45) is 0. The van der Waals surface area contributed by atoms with Crippen molar-refractivity contribution in [3.05, 3.63) is 46.5 Å². The first-order chi connectivity index (χ1) is 11.8. The van der Waals surface area contributed by atoms with Gasteiger partial charge in [-0.15, -0.1) is 0 Å². The molecule has 0 amide bonds. The van der Waals surface area contributed by atoms with E-state index in [1.165, 1.54) is 16.4 Å². The number of benzene rings is 1. The van der Waals surface area contributed by atoms with Crippen LogP contribution in [-0.2, 0) is 23.6 Å². The molecule has 2 aromatic rings. The van der Waals surface area contributed by atoms with Crippen molar-refractivity contribution >= 4 is 21.6 Å². The van der Waals surface area contributed by atoms with Gasteiger partial charge in [0.25, 0.3) is 0 Å². The highest BCUT2D eigenvalue weighted by atomic mass is 35.5. The first-order valence-electron chi connectivity index (χ1n) is 7.95. The molecule has 0 saturated carbocycles. The van der Waals surface area contributed by atoms with Gasteiger partial charge in [0.1, 0.15) is 11.0 Å². The summed E-state index contributed by atoms with van der Waals surface area (Å²) in [5, 5.41) is 4.91. The van der Waals surface area contributed by atoms with E-state index in [9.17, 15) is 12.8 Å². The van der Waals surface area contributed by atoms with E-state index in [2.05, 4.69) is 10.00 Å². The van der Waals surface area contributed by atoms with Crippen molar-refractivity contribution < 1.29 is 12.8 Å². The van der Waals surface area contributed by atoms with Gasteiger partial charge in [-0.3, -0.25) is 9.58 Å². The van der Waals surface area contributed by atoms with Crippen molar-refractivity contribution in [3.8, 4) is 0 Å². The summed E-state index contributed by atoms with van der Waals surface area (Å²) in [4.78, 5) is 2.28. The van der Waals surface area contributed by atoms with Gasteiger partial charge >= 0.3 is 0 Å². The van der Waals surface area contributed by atoms with E-state index in [0.29, 0.717) is 37.9 Å². The fourth-order valence-electron chi connectivity index (χ4n) is 2.96. The summed E-state index contributed by atoms with van der Waals surface area (Å²) in [6, 6.07) is 4.93. The number of halogens is 2. The summed E-state index contributed by atoms with van der Waals surface area (Å²) in [6.45, 7) is 4.53. The fraction of sp³-hybridized carbons (Fsp3) is 0.438. The minimum atomic E-state index is -3.59. The van der Waals surface area contributed by atoms with Crippen LogP contribution in [0.4, 0.5) is 4.39 Å². The minimum absolute atomic E-state index is 0.119. The molecule has 0 radical (unpaired) electrons. The van der Waals surface area contributed by atoms with Crippen LogP contribution in [0.2, 0.25) is 5.15 Å². The maximum Gasteiger partial charge on any atom is 0.243 e. The van der Waals surface area contributed by atoms with Crippen LogP contribution in [0.1, 0.15) is 11.3 Å². The number of aryl methyl sites for hydroxylation is 2. The van der Waals surface area contributed by atoms with Crippen LogP contribution in [0, 0.1) is 12.7 Å². The van der Waals surface area contributed by atoms with E-state index >= 15 is 0 Å². The number of piperazine rings is 1. The molecule has 1 aliphatic rings. The Morgan fingerprint density at radius 1 is 1.16 bits per heavy atom. The molecule has 1 saturated heterocycles. The number of rotatable bonds is 4. The lowest BCUT2D eigenvalue weighted by Gasteiger charge is -2.33. The molecule has 1 aromatic carbocycles. The third-order valence-corrected chi connectivity index (χ3v) is 6.82. The molecule has 0 bridgehead atoms. The second-order valence-corrected chi connectivity index (χ2v) is 8.41. The van der Waals surface area contributed by atoms with Crippen molar-refractivity contribution in [2.24, 2.45) is 7.05 Å². The average molecular weight is 387 g/mol. The number of hydrogen-bond acceptors (Lipinski definition) is 4. The lowest BCUT2D eigenvalue weighted by atomic mass is 10.2. The number of aromatic nitrogens is 2. The third kappa shape index (κ3) is 3.72. The monoisotopic (exact) mass is 386 g/mol. The smallest absolute Gasteiger partial charge is 0.243 e. The first kappa shape index (κ1) is 18.3. The molecule has 0 N–H and O–H groups in total. The minimum Gasteiger partial charge on any atom is -0.296 e. The Morgan fingerprint density at radius 3 is 2.28 bits per heavy atom. The third-order valence-electron chi connectivity index (χ3n) is 4.43. The normalized spacial score (nSPS) is 17.1. The Hall–Kier alpha value is -1.48. The first-order valence-corrected chi connectivity index (χ1v) is 9.77. The SMILES string of the molecule is Cc1nn(C)c(Cl)c1CN1CCN(S(=O)(=O)c2ccc(F)cc2)CC1. The lowest BCUT2D eigenvalue weighted by Crippen LogP contribution is -2.48. The predicted octanol–water partition coefficient (Wildman–Crippen LogP) is 2.03. The van der Waals surface area contributed by atoms with E-state index in [4.69, 9.17) is 11.6 Å². The second-order valence-electron chi connectivity index (χ2n) is 6.11. The van der Waals surface area contributed by atoms with Crippen molar-refractivity contribution in [1.29, 1.82) is 0 Å². The molecule has 25 heavy (non-hydrogen) atoms. The maximum absolute atomic E-state index is 13.0. The molecule has 0 aliphatic carbocycles. The van der Waals surface area contributed by atoms with Crippen LogP contribution in [0.5, 0.6) is 0 Å². The van der Waals surface area contributed by atoms with E-state index in [1.54, 1.807) is 11.7 Å². The van der Waals surface area contributed by atoms with Crippen LogP contribution in [0.15, 0.2) is 29.2 Å². The molecule has 1 aromatic heterocycles. The second kappa shape index (κ2) is 7.03. The van der Waals surface area contributed by atoms with Crippen molar-refractivity contribution in [2.45, 2.75) is 18.4 Å². The molecule has 0 unspecified atom stereocenters. The van der Waals surface area contributed by atoms with Gasteiger partial charge in [0.05, 0.1) is 10.6 Å². The molecule has 6 nitrogen and oxygen atoms in total. The zero-order valence-electron chi connectivity index (χ0n) is 14.1. The van der Waals surface area contributed by atoms with Gasteiger partial charge < -0.3 is 0 Å². The molecule has 2 heterocycles. The van der Waals surface area contributed by atoms with Crippen molar-refractivity contribution in [3.63, 3.8) is 0 Å². The zero-order chi connectivity index (χ0) is 18.2. The maximum atomic E-state index is 13.0. The van der Waals surface area contributed by atoms with Gasteiger partial charge in [0.15, 0.2) is 0 Å². The molecule has 1 aliphatic heterocycles. The van der Waals surface area contributed by atoms with Gasteiger partial charge in [0, 0.05) is 45.3 Å². The Balaban J connectivity index is 1.66. The van der Waals surface area contributed by atoms with Gasteiger partial charge in [-0.2, -0.15) is 9.40 Å². The van der Waals surface area contributed by atoms with Crippen LogP contribution < -0.4 is 0 Å². The molecule has 3 rings (SSSR count). The number of nitrogens with zero attached hydrogens (tertiary/aromatic N) is 4. The van der Waals surface area contributed by atoms with Gasteiger partial charge in [-0.25, -0.2) is 12.8 Å². The van der Waals surface area contributed by atoms with Gasteiger partial charge in [-0.1, -0.05) is 11.6 Å². The van der Waals surface area contributed by atoms with Crippen LogP contribution >= 0.6 is 11.6 Å². The van der Waals surface area contributed by atoms with Crippen LogP contribution in [0.3, 0.4) is 0 Å². The molecule has 0 atom stereocenters. The van der Waals surface area contributed by atoms with E-state index in [1.807, 2.05) is 6.92 Å². The molecule has 136 valence electrons. The summed E-state index contributed by atoms with van der Waals surface area (Å²) < 4.78 is 41.3. The highest BCUT2D eigenvalue weighted by molar-refractivity contribution is 7.89. The van der Waals surface area contributed by atoms with E-state index in [-0.39, 0.29) is 4.90 Å². The highest BCUT2D eigenvalue weighted by Crippen LogP contribution is 2.23. The Labute approximate surface area is 151 Å². The Kier molecular flexibility index (Phi) is 5.15. The molecular formula is C16H20ClFN4O2S. The van der Waals surface area contributed by atoms with Crippen LogP contribution in [-0.4, -0.2) is 53.6 Å². The molecular weight excluding hydrogens is 367 g/mol. The molecule has 9 heteroatoms. The van der Waals surface area contributed by atoms with Crippen LogP contribution in [0.25, 0.3) is 0 Å². The Bertz CT molecular complexity index is 859. The largest absolute Gasteiger partial charge is 0.296 e.